The van der Waals surface area contributed by atoms with Crippen LogP contribution in [0.2, 0.25) is 0 Å². The Morgan fingerprint density at radius 1 is 0.544 bits per heavy atom. The minimum atomic E-state index is -1.13. The number of ether oxygens (including phenoxy) is 3. The highest BCUT2D eigenvalue weighted by Gasteiger charge is 2.25. The molecule has 2 unspecified atom stereocenters. The van der Waals surface area contributed by atoms with Crippen LogP contribution in [-0.4, -0.2) is 75.5 Å². The highest BCUT2D eigenvalue weighted by Crippen LogP contribution is 2.14. The first kappa shape index (κ1) is 54.3. The number of carbonyl (C=O) groups is 3. The van der Waals surface area contributed by atoms with E-state index in [1.165, 1.54) is 96.3 Å². The number of hydrogen-bond acceptors (Lipinski definition) is 7. The van der Waals surface area contributed by atoms with Crippen LogP contribution in [0.25, 0.3) is 0 Å². The molecule has 0 fully saturated rings. The van der Waals surface area contributed by atoms with Crippen LogP contribution in [0.3, 0.4) is 0 Å². The predicted molar refractivity (Wildman–Crippen MR) is 236 cm³/mol. The smallest absolute Gasteiger partial charge is 0.306 e. The summed E-state index contributed by atoms with van der Waals surface area (Å²) in [6, 6.07) is -0.731. The quantitative estimate of drug-likeness (QED) is 0.0199. The van der Waals surface area contributed by atoms with Gasteiger partial charge in [0, 0.05) is 19.3 Å². The van der Waals surface area contributed by atoms with Crippen molar-refractivity contribution in [2.45, 2.75) is 206 Å². The molecule has 57 heavy (non-hydrogen) atoms. The number of likely N-dealkylation sites (N-methyl/N-ethyl adjacent to an activating group) is 1. The molecule has 0 bridgehead atoms. The minimum absolute atomic E-state index is 0.0282. The number of carboxylic acid groups (broad SMARTS) is 1. The van der Waals surface area contributed by atoms with Gasteiger partial charge in [-0.1, -0.05) is 159 Å². The summed E-state index contributed by atoms with van der Waals surface area (Å²) < 4.78 is 17.1. The van der Waals surface area contributed by atoms with E-state index in [9.17, 15) is 19.5 Å². The molecule has 0 aliphatic heterocycles. The Balaban J connectivity index is 4.29. The summed E-state index contributed by atoms with van der Waals surface area (Å²) in [4.78, 5) is 36.8. The fourth-order valence-corrected chi connectivity index (χ4v) is 6.55. The molecule has 8 heteroatoms. The Bertz CT molecular complexity index is 1070. The van der Waals surface area contributed by atoms with E-state index in [0.717, 1.165) is 64.2 Å². The molecule has 0 radical (unpaired) electrons. The van der Waals surface area contributed by atoms with E-state index in [4.69, 9.17) is 14.2 Å². The maximum absolute atomic E-state index is 12.7. The Morgan fingerprint density at radius 3 is 1.53 bits per heavy atom. The molecule has 2 atom stereocenters. The van der Waals surface area contributed by atoms with E-state index in [1.54, 1.807) is 21.1 Å². The second kappa shape index (κ2) is 40.1. The summed E-state index contributed by atoms with van der Waals surface area (Å²) in [5.74, 6) is -1.78. The van der Waals surface area contributed by atoms with Crippen LogP contribution >= 0.6 is 0 Å². The molecular weight excluding hydrogens is 715 g/mol. The molecule has 330 valence electrons. The van der Waals surface area contributed by atoms with Crippen molar-refractivity contribution in [3.8, 4) is 0 Å². The molecule has 0 saturated carbocycles. The summed E-state index contributed by atoms with van der Waals surface area (Å²) >= 11 is 0. The van der Waals surface area contributed by atoms with Gasteiger partial charge in [-0.05, 0) is 64.2 Å². The number of unbranched alkanes of at least 4 members (excludes halogenated alkanes) is 20. The van der Waals surface area contributed by atoms with Crippen LogP contribution in [0.1, 0.15) is 194 Å². The van der Waals surface area contributed by atoms with Crippen LogP contribution in [0.15, 0.2) is 48.6 Å². The average Bonchev–Trinajstić information content (AvgIpc) is 3.17. The monoisotopic (exact) mass is 802 g/mol. The van der Waals surface area contributed by atoms with Gasteiger partial charge in [-0.2, -0.15) is 0 Å². The van der Waals surface area contributed by atoms with Crippen molar-refractivity contribution in [1.29, 1.82) is 0 Å². The summed E-state index contributed by atoms with van der Waals surface area (Å²) in [6.45, 7) is 4.57. The fourth-order valence-electron chi connectivity index (χ4n) is 6.55. The number of rotatable bonds is 41. The van der Waals surface area contributed by atoms with Crippen molar-refractivity contribution in [3.05, 3.63) is 48.6 Å². The molecule has 0 rings (SSSR count). The standard InChI is InChI=1S/C49H87NO7/c1-6-8-10-12-14-16-18-19-20-21-22-23-24-25-26-27-28-30-32-34-36-38-40-48(52)57-45(43-55-42-41-46(49(53)54)50(3,4)5)44-56-47(51)39-37-35-33-31-29-17-15-13-11-9-7-2/h13,15,17,21-22,24-25,29,45-46H,6-12,14,16,18-20,23,26-28,30-44H2,1-5H3/b15-13+,22-21+,25-24+,29-17+. The first-order chi connectivity index (χ1) is 27.6. The Morgan fingerprint density at radius 2 is 1.00 bits per heavy atom. The molecule has 0 aliphatic rings. The van der Waals surface area contributed by atoms with Gasteiger partial charge in [-0.25, -0.2) is 0 Å². The van der Waals surface area contributed by atoms with Gasteiger partial charge in [0.2, 0.25) is 0 Å². The summed E-state index contributed by atoms with van der Waals surface area (Å²) in [5, 5.41) is 11.6. The van der Waals surface area contributed by atoms with Crippen molar-refractivity contribution < 1.29 is 38.2 Å². The third kappa shape index (κ3) is 38.6. The lowest BCUT2D eigenvalue weighted by Gasteiger charge is -2.34. The third-order valence-corrected chi connectivity index (χ3v) is 10.2. The average molecular weight is 802 g/mol. The van der Waals surface area contributed by atoms with Crippen LogP contribution in [0, 0.1) is 0 Å². The van der Waals surface area contributed by atoms with Gasteiger partial charge < -0.3 is 28.6 Å². The van der Waals surface area contributed by atoms with Crippen molar-refractivity contribution in [2.24, 2.45) is 0 Å². The summed E-state index contributed by atoms with van der Waals surface area (Å²) in [7, 11) is 5.39. The first-order valence-electron chi connectivity index (χ1n) is 23.2. The van der Waals surface area contributed by atoms with Gasteiger partial charge in [-0.3, -0.25) is 9.59 Å². The van der Waals surface area contributed by atoms with E-state index in [2.05, 4.69) is 62.5 Å². The SMILES string of the molecule is CCCC/C=C/C=C/CCCCCC(=O)OCC(COCCC(C(=O)[O-])[N+](C)(C)C)OC(=O)CCCCCCCCC/C=C/C/C=C/CCCCCCCCCC. The lowest BCUT2D eigenvalue weighted by Crippen LogP contribution is -2.55. The zero-order valence-corrected chi connectivity index (χ0v) is 37.5. The van der Waals surface area contributed by atoms with Crippen molar-refractivity contribution >= 4 is 17.9 Å². The largest absolute Gasteiger partial charge is 0.544 e. The number of quaternary nitrogens is 1. The zero-order chi connectivity index (χ0) is 42.1. The second-order valence-electron chi connectivity index (χ2n) is 16.7. The number of carbonyl (C=O) groups excluding carboxylic acids is 3. The van der Waals surface area contributed by atoms with Gasteiger partial charge >= 0.3 is 11.9 Å². The highest BCUT2D eigenvalue weighted by molar-refractivity contribution is 5.70. The number of esters is 2. The zero-order valence-electron chi connectivity index (χ0n) is 37.5. The van der Waals surface area contributed by atoms with Crippen LogP contribution < -0.4 is 5.11 Å². The number of nitrogens with zero attached hydrogens (tertiary/aromatic N) is 1. The maximum Gasteiger partial charge on any atom is 0.306 e. The number of hydrogen-bond donors (Lipinski definition) is 0. The summed E-state index contributed by atoms with van der Waals surface area (Å²) in [5.41, 5.74) is 0. The van der Waals surface area contributed by atoms with Crippen LogP contribution in [0.5, 0.6) is 0 Å². The van der Waals surface area contributed by atoms with Gasteiger partial charge in [0.05, 0.1) is 40.3 Å². The number of aliphatic carboxylic acids is 1. The van der Waals surface area contributed by atoms with Crippen LogP contribution in [-0.2, 0) is 28.6 Å². The molecule has 0 saturated heterocycles. The Labute approximate surface area is 350 Å². The predicted octanol–water partition coefficient (Wildman–Crippen LogP) is 11.5. The van der Waals surface area contributed by atoms with Crippen molar-refractivity contribution in [3.63, 3.8) is 0 Å². The van der Waals surface area contributed by atoms with Gasteiger partial charge in [0.25, 0.3) is 0 Å². The van der Waals surface area contributed by atoms with E-state index < -0.39 is 18.1 Å². The topological polar surface area (TPSA) is 102 Å². The molecule has 0 heterocycles. The molecule has 0 N–H and O–H groups in total. The van der Waals surface area contributed by atoms with Crippen LogP contribution in [0.4, 0.5) is 0 Å². The minimum Gasteiger partial charge on any atom is -0.544 e. The van der Waals surface area contributed by atoms with E-state index >= 15 is 0 Å². The molecule has 8 nitrogen and oxygen atoms in total. The molecule has 0 aromatic heterocycles. The molecule has 0 amide bonds. The van der Waals surface area contributed by atoms with Gasteiger partial charge in [0.1, 0.15) is 12.6 Å². The van der Waals surface area contributed by atoms with Gasteiger partial charge in [-0.15, -0.1) is 0 Å². The van der Waals surface area contributed by atoms with Gasteiger partial charge in [0.15, 0.2) is 6.10 Å². The molecule has 0 aliphatic carbocycles. The summed E-state index contributed by atoms with van der Waals surface area (Å²) in [6.07, 6.45) is 47.2. The third-order valence-electron chi connectivity index (χ3n) is 10.2. The Hall–Kier alpha value is -2.71. The lowest BCUT2D eigenvalue weighted by molar-refractivity contribution is -0.889. The molecule has 0 aromatic carbocycles. The van der Waals surface area contributed by atoms with Crippen molar-refractivity contribution in [1.82, 2.24) is 0 Å². The normalized spacial score (nSPS) is 13.4. The number of allylic oxidation sites excluding steroid dienone is 8. The Kier molecular flexibility index (Phi) is 38.2. The first-order valence-corrected chi connectivity index (χ1v) is 23.2. The molecule has 0 spiro atoms. The maximum atomic E-state index is 12.7. The van der Waals surface area contributed by atoms with Crippen molar-refractivity contribution in [2.75, 3.05) is 41.0 Å². The molecule has 0 aromatic rings. The highest BCUT2D eigenvalue weighted by atomic mass is 16.6. The fraction of sp³-hybridized carbons (Fsp3) is 0.776. The van der Waals surface area contributed by atoms with E-state index in [-0.39, 0.29) is 42.7 Å². The lowest BCUT2D eigenvalue weighted by atomic mass is 10.1. The van der Waals surface area contributed by atoms with E-state index in [1.807, 2.05) is 0 Å². The second-order valence-corrected chi connectivity index (χ2v) is 16.7. The van der Waals surface area contributed by atoms with E-state index in [0.29, 0.717) is 12.8 Å². The molecular formula is C49H87NO7. The number of carboxylic acids is 1.